The predicted octanol–water partition coefficient (Wildman–Crippen LogP) is 1.27. The topological polar surface area (TPSA) is 50.4 Å². The molecule has 0 aromatic carbocycles. The minimum Gasteiger partial charge on any atom is -0.347 e. The van der Waals surface area contributed by atoms with Crippen LogP contribution in [0.2, 0.25) is 0 Å². The number of hydrogen-bond donors (Lipinski definition) is 2. The van der Waals surface area contributed by atoms with Crippen LogP contribution in [0.4, 0.5) is 0 Å². The molecule has 3 heteroatoms. The molecular formula is C9H19N3. The van der Waals surface area contributed by atoms with Crippen molar-refractivity contribution < 1.29 is 0 Å². The van der Waals surface area contributed by atoms with Gasteiger partial charge in [0, 0.05) is 12.2 Å². The Labute approximate surface area is 74.8 Å². The van der Waals surface area contributed by atoms with Crippen molar-refractivity contribution in [3.8, 4) is 0 Å². The zero-order chi connectivity index (χ0) is 9.56. The molecule has 0 amide bonds. The van der Waals surface area contributed by atoms with Gasteiger partial charge in [0.05, 0.1) is 6.04 Å². The predicted molar refractivity (Wildman–Crippen MR) is 54.2 cm³/mol. The molecule has 1 unspecified atom stereocenters. The highest BCUT2D eigenvalue weighted by atomic mass is 15.0. The first kappa shape index (κ1) is 11.2. The number of nitrogens with one attached hydrogen (secondary N) is 1. The average Bonchev–Trinajstić information content (AvgIpc) is 1.96. The summed E-state index contributed by atoms with van der Waals surface area (Å²) in [5, 5.41) is 3.04. The van der Waals surface area contributed by atoms with Crippen molar-refractivity contribution in [2.45, 2.75) is 33.2 Å². The van der Waals surface area contributed by atoms with Crippen molar-refractivity contribution in [2.24, 2.45) is 10.7 Å². The largest absolute Gasteiger partial charge is 0.347 e. The Morgan fingerprint density at radius 1 is 1.67 bits per heavy atom. The van der Waals surface area contributed by atoms with Gasteiger partial charge in [-0.1, -0.05) is 13.5 Å². The number of allylic oxidation sites excluding steroid dienone is 1. The number of amidine groups is 1. The number of aliphatic imine (C=N–C) groups is 1. The maximum atomic E-state index is 5.69. The van der Waals surface area contributed by atoms with Gasteiger partial charge in [-0.2, -0.15) is 0 Å². The Morgan fingerprint density at radius 3 is 2.58 bits per heavy atom. The molecular weight excluding hydrogens is 150 g/mol. The van der Waals surface area contributed by atoms with Crippen LogP contribution in [0.3, 0.4) is 0 Å². The van der Waals surface area contributed by atoms with Gasteiger partial charge in [0.15, 0.2) is 0 Å². The summed E-state index contributed by atoms with van der Waals surface area (Å²) in [6.07, 6.45) is 1.04. The molecule has 3 N–H and O–H groups in total. The Bertz CT molecular complexity index is 171. The van der Waals surface area contributed by atoms with E-state index >= 15 is 0 Å². The zero-order valence-corrected chi connectivity index (χ0v) is 8.22. The maximum Gasteiger partial charge on any atom is 0.117 e. The van der Waals surface area contributed by atoms with Crippen LogP contribution in [0.5, 0.6) is 0 Å². The molecule has 0 spiro atoms. The quantitative estimate of drug-likeness (QED) is 0.492. The zero-order valence-electron chi connectivity index (χ0n) is 8.22. The Hall–Kier alpha value is -0.830. The van der Waals surface area contributed by atoms with Gasteiger partial charge in [0.2, 0.25) is 0 Å². The van der Waals surface area contributed by atoms with Crippen molar-refractivity contribution in [3.05, 3.63) is 12.3 Å². The third-order valence-electron chi connectivity index (χ3n) is 1.28. The van der Waals surface area contributed by atoms with Crippen LogP contribution in [-0.2, 0) is 0 Å². The Kier molecular flexibility index (Phi) is 5.37. The minimum atomic E-state index is -0.0479. The molecule has 70 valence electrons. The fourth-order valence-corrected chi connectivity index (χ4v) is 0.748. The first-order valence-corrected chi connectivity index (χ1v) is 4.30. The normalized spacial score (nSPS) is 14.2. The molecule has 0 aliphatic rings. The van der Waals surface area contributed by atoms with Crippen LogP contribution < -0.4 is 11.1 Å². The fourth-order valence-electron chi connectivity index (χ4n) is 0.748. The number of nitrogens with two attached hydrogens (primary N) is 1. The second-order valence-electron chi connectivity index (χ2n) is 2.96. The van der Waals surface area contributed by atoms with Crippen molar-refractivity contribution in [1.29, 1.82) is 0 Å². The molecule has 0 bridgehead atoms. The highest BCUT2D eigenvalue weighted by molar-refractivity contribution is 5.88. The molecule has 0 radical (unpaired) electrons. The molecule has 12 heavy (non-hydrogen) atoms. The van der Waals surface area contributed by atoms with E-state index in [0.717, 1.165) is 24.5 Å². The van der Waals surface area contributed by atoms with Crippen molar-refractivity contribution >= 4 is 5.84 Å². The van der Waals surface area contributed by atoms with Gasteiger partial charge >= 0.3 is 0 Å². The number of hydrogen-bond acceptors (Lipinski definition) is 2. The van der Waals surface area contributed by atoms with E-state index in [9.17, 15) is 0 Å². The van der Waals surface area contributed by atoms with E-state index < -0.39 is 0 Å². The van der Waals surface area contributed by atoms with Crippen LogP contribution in [0.25, 0.3) is 0 Å². The smallest absolute Gasteiger partial charge is 0.117 e. The molecule has 0 heterocycles. The van der Waals surface area contributed by atoms with E-state index in [-0.39, 0.29) is 6.04 Å². The summed E-state index contributed by atoms with van der Waals surface area (Å²) in [4.78, 5) is 4.30. The molecule has 0 aromatic heterocycles. The van der Waals surface area contributed by atoms with Gasteiger partial charge in [-0.15, -0.1) is 0 Å². The van der Waals surface area contributed by atoms with Gasteiger partial charge in [-0.05, 0) is 20.3 Å². The lowest BCUT2D eigenvalue weighted by atomic mass is 10.3. The molecule has 0 fully saturated rings. The summed E-state index contributed by atoms with van der Waals surface area (Å²) < 4.78 is 0. The molecule has 1 atom stereocenters. The maximum absolute atomic E-state index is 5.69. The lowest BCUT2D eigenvalue weighted by molar-refractivity contribution is 0.861. The highest BCUT2D eigenvalue weighted by Gasteiger charge is 2.03. The first-order valence-electron chi connectivity index (χ1n) is 4.30. The minimum absolute atomic E-state index is 0.0479. The van der Waals surface area contributed by atoms with Gasteiger partial charge in [-0.25, -0.2) is 0 Å². The third kappa shape index (κ3) is 4.91. The first-order chi connectivity index (χ1) is 5.57. The van der Waals surface area contributed by atoms with Crippen molar-refractivity contribution in [2.75, 3.05) is 6.54 Å². The molecule has 0 saturated heterocycles. The molecule has 0 aliphatic heterocycles. The fraction of sp³-hybridized carbons (Fsp3) is 0.667. The monoisotopic (exact) mass is 169 g/mol. The number of nitrogens with zero attached hydrogens (tertiary/aromatic N) is 1. The van der Waals surface area contributed by atoms with Gasteiger partial charge in [-0.3, -0.25) is 4.99 Å². The van der Waals surface area contributed by atoms with Crippen molar-refractivity contribution in [3.63, 3.8) is 0 Å². The van der Waals surface area contributed by atoms with E-state index in [4.69, 9.17) is 5.73 Å². The summed E-state index contributed by atoms with van der Waals surface area (Å²) in [7, 11) is 0. The molecule has 3 nitrogen and oxygen atoms in total. The second-order valence-corrected chi connectivity index (χ2v) is 2.96. The Morgan fingerprint density at radius 2 is 2.25 bits per heavy atom. The molecule has 0 rings (SSSR count). The van der Waals surface area contributed by atoms with Crippen LogP contribution in [-0.4, -0.2) is 18.4 Å². The van der Waals surface area contributed by atoms with E-state index in [1.807, 2.05) is 13.8 Å². The SMILES string of the molecule is C=C(C)N/C(=N\CCC)C(C)N. The average molecular weight is 169 g/mol. The molecule has 0 saturated carbocycles. The van der Waals surface area contributed by atoms with E-state index in [0.29, 0.717) is 0 Å². The Balaban J connectivity index is 4.12. The van der Waals surface area contributed by atoms with Gasteiger partial charge in [0.1, 0.15) is 5.84 Å². The third-order valence-corrected chi connectivity index (χ3v) is 1.28. The second kappa shape index (κ2) is 5.77. The van der Waals surface area contributed by atoms with Crippen molar-refractivity contribution in [1.82, 2.24) is 5.32 Å². The van der Waals surface area contributed by atoms with Crippen LogP contribution in [0.1, 0.15) is 27.2 Å². The van der Waals surface area contributed by atoms with Gasteiger partial charge in [0.25, 0.3) is 0 Å². The molecule has 0 aromatic rings. The van der Waals surface area contributed by atoms with Gasteiger partial charge < -0.3 is 11.1 Å². The van der Waals surface area contributed by atoms with E-state index in [1.165, 1.54) is 0 Å². The summed E-state index contributed by atoms with van der Waals surface area (Å²) in [6, 6.07) is -0.0479. The summed E-state index contributed by atoms with van der Waals surface area (Å²) in [5.41, 5.74) is 6.57. The van der Waals surface area contributed by atoms with E-state index in [1.54, 1.807) is 0 Å². The number of rotatable bonds is 4. The van der Waals surface area contributed by atoms with Crippen LogP contribution in [0.15, 0.2) is 17.3 Å². The summed E-state index contributed by atoms with van der Waals surface area (Å²) in [6.45, 7) is 10.4. The lowest BCUT2D eigenvalue weighted by Crippen LogP contribution is -2.37. The van der Waals surface area contributed by atoms with Crippen LogP contribution >= 0.6 is 0 Å². The summed E-state index contributed by atoms with van der Waals surface area (Å²) >= 11 is 0. The van der Waals surface area contributed by atoms with Crippen LogP contribution in [0, 0.1) is 0 Å². The highest BCUT2D eigenvalue weighted by Crippen LogP contribution is 1.88. The summed E-state index contributed by atoms with van der Waals surface area (Å²) in [5.74, 6) is 0.823. The molecule has 0 aliphatic carbocycles. The lowest BCUT2D eigenvalue weighted by Gasteiger charge is -2.12. The van der Waals surface area contributed by atoms with E-state index in [2.05, 4.69) is 23.8 Å². The standard InChI is InChI=1S/C9H19N3/c1-5-6-11-9(8(4)10)12-7(2)3/h8H,2,5-6,10H2,1,3-4H3,(H,11,12).